The van der Waals surface area contributed by atoms with Crippen molar-refractivity contribution >= 4 is 86.6 Å². The standard InChI is InChI=1S/B2H4O5.Ba.Mg.4H/c3-1(4)7-2(5)6;;;;;;/h3-6H;;;;;;. The van der Waals surface area contributed by atoms with E-state index < -0.39 is 14.6 Å². The van der Waals surface area contributed by atoms with Gasteiger partial charge in [-0.1, -0.05) is 0 Å². The van der Waals surface area contributed by atoms with E-state index >= 15 is 0 Å². The zero-order valence-electron chi connectivity index (χ0n) is 3.35. The minimum absolute atomic E-state index is 0. The molecule has 0 aliphatic carbocycles. The van der Waals surface area contributed by atoms with Gasteiger partial charge in [-0.3, -0.25) is 0 Å². The molecule has 0 atom stereocenters. The molecule has 5 nitrogen and oxygen atoms in total. The number of rotatable bonds is 2. The minimum Gasteiger partial charge on any atom is 0.316 e. The Hall–Kier alpha value is 2.27. The van der Waals surface area contributed by atoms with Crippen molar-refractivity contribution in [3.05, 3.63) is 0 Å². The third-order valence-electron chi connectivity index (χ3n) is 0.243. The molecule has 0 aliphatic rings. The first-order valence-electron chi connectivity index (χ1n) is 1.50. The smallest absolute Gasteiger partial charge is 0.316 e. The van der Waals surface area contributed by atoms with Crippen LogP contribution in [0.1, 0.15) is 0 Å². The van der Waals surface area contributed by atoms with E-state index in [1.165, 1.54) is 0 Å². The molecule has 0 unspecified atom stereocenters. The van der Waals surface area contributed by atoms with Crippen LogP contribution in [-0.4, -0.2) is 107 Å². The molecule has 0 rings (SSSR count). The van der Waals surface area contributed by atoms with Gasteiger partial charge in [0.25, 0.3) is 0 Å². The van der Waals surface area contributed by atoms with Crippen LogP contribution < -0.4 is 0 Å². The van der Waals surface area contributed by atoms with E-state index in [2.05, 4.69) is 4.57 Å². The van der Waals surface area contributed by atoms with Crippen molar-refractivity contribution in [1.82, 2.24) is 0 Å². The van der Waals surface area contributed by atoms with Gasteiger partial charge < -0.3 is 24.7 Å². The molecule has 0 heterocycles. The van der Waals surface area contributed by atoms with Crippen molar-refractivity contribution in [2.75, 3.05) is 0 Å². The summed E-state index contributed by atoms with van der Waals surface area (Å²) in [6.45, 7) is 0. The summed E-state index contributed by atoms with van der Waals surface area (Å²) in [6.07, 6.45) is 0. The third-order valence-corrected chi connectivity index (χ3v) is 0.243. The first-order valence-corrected chi connectivity index (χ1v) is 1.50. The number of hydrogen-bond acceptors (Lipinski definition) is 5. The van der Waals surface area contributed by atoms with Crippen molar-refractivity contribution in [1.29, 1.82) is 0 Å². The van der Waals surface area contributed by atoms with Gasteiger partial charge in [-0.05, 0) is 0 Å². The average Bonchev–Trinajstić information content (AvgIpc) is 1.27. The Balaban J connectivity index is -0.000000180. The van der Waals surface area contributed by atoms with E-state index in [1.807, 2.05) is 0 Å². The van der Waals surface area contributed by atoms with E-state index in [9.17, 15) is 0 Å². The first-order chi connectivity index (χ1) is 3.13. The molecule has 0 aromatic carbocycles. The fourth-order valence-electron chi connectivity index (χ4n) is 0.109. The Labute approximate surface area is 109 Å². The Morgan fingerprint density at radius 3 is 1.11 bits per heavy atom. The maximum Gasteiger partial charge on any atom is 0.316 e. The van der Waals surface area contributed by atoms with Gasteiger partial charge in [-0.25, -0.2) is 0 Å². The molecular formula is H8B2BaMgO5. The van der Waals surface area contributed by atoms with Crippen molar-refractivity contribution in [3.63, 3.8) is 0 Å². The molecule has 4 N–H and O–H groups in total. The van der Waals surface area contributed by atoms with Crippen LogP contribution in [0.15, 0.2) is 0 Å². The summed E-state index contributed by atoms with van der Waals surface area (Å²) < 4.78 is 3.47. The Morgan fingerprint density at radius 1 is 0.889 bits per heavy atom. The van der Waals surface area contributed by atoms with Gasteiger partial charge in [0.2, 0.25) is 0 Å². The predicted octanol–water partition coefficient (Wildman–Crippen LogP) is -4.89. The molecule has 0 aromatic rings. The Kier molecular flexibility index (Phi) is 19.8. The molecule has 0 bridgehead atoms. The monoisotopic (exact) mass is 272 g/mol. The summed E-state index contributed by atoms with van der Waals surface area (Å²) in [5.74, 6) is 0. The van der Waals surface area contributed by atoms with Crippen molar-refractivity contribution in [3.8, 4) is 0 Å². The average molecular weight is 271 g/mol. The summed E-state index contributed by atoms with van der Waals surface area (Å²) >= 11 is 0. The maximum absolute atomic E-state index is 7.74. The van der Waals surface area contributed by atoms with Crippen LogP contribution in [-0.2, 0) is 4.57 Å². The van der Waals surface area contributed by atoms with Gasteiger partial charge in [-0.15, -0.1) is 0 Å². The summed E-state index contributed by atoms with van der Waals surface area (Å²) in [4.78, 5) is 0. The van der Waals surface area contributed by atoms with E-state index in [1.54, 1.807) is 0 Å². The molecule has 9 heavy (non-hydrogen) atoms. The number of hydrogen-bond donors (Lipinski definition) is 4. The van der Waals surface area contributed by atoms with Crippen LogP contribution in [0.2, 0.25) is 0 Å². The van der Waals surface area contributed by atoms with Crippen LogP contribution >= 0.6 is 0 Å². The topological polar surface area (TPSA) is 90.2 Å². The van der Waals surface area contributed by atoms with E-state index in [4.69, 9.17) is 20.1 Å². The van der Waals surface area contributed by atoms with Gasteiger partial charge in [0.1, 0.15) is 0 Å². The predicted molar refractivity (Wildman–Crippen MR) is 38.6 cm³/mol. The third kappa shape index (κ3) is 17.9. The second-order valence-electron chi connectivity index (χ2n) is 0.789. The molecule has 0 aromatic heterocycles. The molecule has 0 radical (unpaired) electrons. The molecule has 48 valence electrons. The van der Waals surface area contributed by atoms with Crippen molar-refractivity contribution < 1.29 is 24.7 Å². The van der Waals surface area contributed by atoms with Crippen molar-refractivity contribution in [2.45, 2.75) is 0 Å². The van der Waals surface area contributed by atoms with Gasteiger partial charge >= 0.3 is 86.6 Å². The molecule has 0 amide bonds. The largest absolute Gasteiger partial charge is 0.316 e. The summed E-state index contributed by atoms with van der Waals surface area (Å²) in [7, 11) is -4.25. The fraction of sp³-hybridized carbons (Fsp3) is 0. The zero-order chi connectivity index (χ0) is 5.86. The molecule has 0 aliphatic heterocycles. The van der Waals surface area contributed by atoms with Crippen LogP contribution in [0.4, 0.5) is 0 Å². The molecule has 0 saturated carbocycles. The second-order valence-corrected chi connectivity index (χ2v) is 0.789. The van der Waals surface area contributed by atoms with Gasteiger partial charge in [0.15, 0.2) is 0 Å². The van der Waals surface area contributed by atoms with Crippen molar-refractivity contribution in [2.24, 2.45) is 0 Å². The second kappa shape index (κ2) is 10.3. The Morgan fingerprint density at radius 2 is 1.11 bits per heavy atom. The van der Waals surface area contributed by atoms with Gasteiger partial charge in [0, 0.05) is 0 Å². The molecule has 9 heteroatoms. The maximum atomic E-state index is 7.74. The van der Waals surface area contributed by atoms with E-state index in [-0.39, 0.29) is 71.9 Å². The van der Waals surface area contributed by atoms with Crippen LogP contribution in [0.5, 0.6) is 0 Å². The normalized spacial score (nSPS) is 6.67. The molecule has 0 fully saturated rings. The van der Waals surface area contributed by atoms with Crippen LogP contribution in [0.3, 0.4) is 0 Å². The van der Waals surface area contributed by atoms with Crippen LogP contribution in [0, 0.1) is 0 Å². The van der Waals surface area contributed by atoms with E-state index in [0.29, 0.717) is 0 Å². The SMILES string of the molecule is OB(O)OB(O)O.[BaH2].[MgH2]. The summed E-state index contributed by atoms with van der Waals surface area (Å²) in [5.41, 5.74) is 0. The summed E-state index contributed by atoms with van der Waals surface area (Å²) in [5, 5.41) is 30.9. The molecule has 0 spiro atoms. The quantitative estimate of drug-likeness (QED) is 0.378. The fourth-order valence-corrected chi connectivity index (χ4v) is 0.109. The zero-order valence-corrected chi connectivity index (χ0v) is 3.35. The minimum atomic E-state index is -2.13. The first kappa shape index (κ1) is 17.4. The Bertz CT molecular complexity index is 44.2. The van der Waals surface area contributed by atoms with Gasteiger partial charge in [-0.2, -0.15) is 0 Å². The molecule has 0 saturated heterocycles. The van der Waals surface area contributed by atoms with E-state index in [0.717, 1.165) is 0 Å². The molecular weight excluding hydrogens is 263 g/mol. The van der Waals surface area contributed by atoms with Gasteiger partial charge in [0.05, 0.1) is 0 Å². The van der Waals surface area contributed by atoms with Crippen LogP contribution in [0.25, 0.3) is 0 Å². The summed E-state index contributed by atoms with van der Waals surface area (Å²) in [6, 6.07) is 0.